The van der Waals surface area contributed by atoms with Crippen molar-refractivity contribution in [1.82, 2.24) is 16.0 Å². The summed E-state index contributed by atoms with van der Waals surface area (Å²) >= 11 is 0. The number of hydrogen-bond acceptors (Lipinski definition) is 3. The lowest BCUT2D eigenvalue weighted by Crippen LogP contribution is -2.46. The highest BCUT2D eigenvalue weighted by Gasteiger charge is 2.23. The molecule has 1 amide bonds. The molecule has 1 atom stereocenters. The molecule has 3 N–H and O–H groups in total. The summed E-state index contributed by atoms with van der Waals surface area (Å²) in [6, 6.07) is 9.45. The molecular formula is C22H36IN5O. The Labute approximate surface area is 192 Å². The topological polar surface area (TPSA) is 68.8 Å². The van der Waals surface area contributed by atoms with Crippen LogP contribution in [0.1, 0.15) is 50.5 Å². The molecule has 6 nitrogen and oxygen atoms in total. The second-order valence-electron chi connectivity index (χ2n) is 8.06. The lowest BCUT2D eigenvalue weighted by atomic mass is 9.95. The van der Waals surface area contributed by atoms with Crippen molar-refractivity contribution in [2.75, 3.05) is 31.6 Å². The smallest absolute Gasteiger partial charge is 0.221 e. The number of carbonyl (C=O) groups excluding carboxylic acids is 1. The second kappa shape index (κ2) is 12.2. The summed E-state index contributed by atoms with van der Waals surface area (Å²) < 4.78 is 0. The van der Waals surface area contributed by atoms with Crippen molar-refractivity contribution in [3.8, 4) is 0 Å². The van der Waals surface area contributed by atoms with Crippen LogP contribution < -0.4 is 20.9 Å². The van der Waals surface area contributed by atoms with Crippen LogP contribution in [0.3, 0.4) is 0 Å². The van der Waals surface area contributed by atoms with Crippen molar-refractivity contribution >= 4 is 41.5 Å². The number of halogens is 1. The maximum Gasteiger partial charge on any atom is 0.221 e. The highest BCUT2D eigenvalue weighted by atomic mass is 127. The predicted octanol–water partition coefficient (Wildman–Crippen LogP) is 3.20. The normalized spacial score (nSPS) is 20.1. The minimum absolute atomic E-state index is 0. The number of anilines is 1. The van der Waals surface area contributed by atoms with Crippen molar-refractivity contribution in [3.63, 3.8) is 0 Å². The minimum Gasteiger partial charge on any atom is -0.369 e. The van der Waals surface area contributed by atoms with Gasteiger partial charge in [0, 0.05) is 50.9 Å². The Bertz CT molecular complexity index is 658. The summed E-state index contributed by atoms with van der Waals surface area (Å²) in [5.41, 5.74) is 2.56. The van der Waals surface area contributed by atoms with Crippen LogP contribution in [0.25, 0.3) is 0 Å². The molecule has 3 rings (SSSR count). The van der Waals surface area contributed by atoms with Crippen LogP contribution in [0, 0.1) is 6.92 Å². The van der Waals surface area contributed by atoms with Gasteiger partial charge in [-0.15, -0.1) is 24.0 Å². The van der Waals surface area contributed by atoms with Gasteiger partial charge in [0.1, 0.15) is 0 Å². The third-order valence-electron chi connectivity index (χ3n) is 5.77. The number of aliphatic imine (C=N–C) groups is 1. The molecule has 1 unspecified atom stereocenters. The van der Waals surface area contributed by atoms with Crippen molar-refractivity contribution in [3.05, 3.63) is 29.8 Å². The molecule has 1 aliphatic carbocycles. The Hall–Kier alpha value is -1.51. The zero-order valence-corrected chi connectivity index (χ0v) is 20.1. The summed E-state index contributed by atoms with van der Waals surface area (Å²) in [6.45, 7) is 4.73. The Morgan fingerprint density at radius 2 is 1.79 bits per heavy atom. The van der Waals surface area contributed by atoms with Crippen LogP contribution in [-0.2, 0) is 4.79 Å². The van der Waals surface area contributed by atoms with E-state index in [4.69, 9.17) is 0 Å². The van der Waals surface area contributed by atoms with E-state index in [0.29, 0.717) is 25.0 Å². The first-order chi connectivity index (χ1) is 13.6. The van der Waals surface area contributed by atoms with Gasteiger partial charge in [0.2, 0.25) is 5.91 Å². The molecular weight excluding hydrogens is 477 g/mol. The van der Waals surface area contributed by atoms with E-state index in [1.807, 2.05) is 0 Å². The van der Waals surface area contributed by atoms with Gasteiger partial charge >= 0.3 is 0 Å². The molecule has 29 heavy (non-hydrogen) atoms. The van der Waals surface area contributed by atoms with E-state index in [1.165, 1.54) is 30.5 Å². The Morgan fingerprint density at radius 1 is 1.07 bits per heavy atom. The molecule has 1 aromatic rings. The number of amides is 1. The van der Waals surface area contributed by atoms with Gasteiger partial charge in [0.15, 0.2) is 5.96 Å². The van der Waals surface area contributed by atoms with E-state index >= 15 is 0 Å². The molecule has 0 bridgehead atoms. The number of hydrogen-bond donors (Lipinski definition) is 3. The number of nitrogens with one attached hydrogen (secondary N) is 3. The average molecular weight is 513 g/mol. The van der Waals surface area contributed by atoms with Crippen molar-refractivity contribution in [2.24, 2.45) is 4.99 Å². The van der Waals surface area contributed by atoms with E-state index < -0.39 is 0 Å². The average Bonchev–Trinajstić information content (AvgIpc) is 3.17. The van der Waals surface area contributed by atoms with E-state index in [9.17, 15) is 4.79 Å². The molecule has 0 spiro atoms. The van der Waals surface area contributed by atoms with Crippen LogP contribution >= 0.6 is 24.0 Å². The number of guanidine groups is 1. The van der Waals surface area contributed by atoms with Gasteiger partial charge in [-0.05, 0) is 38.3 Å². The molecule has 2 fully saturated rings. The maximum atomic E-state index is 12.1. The number of nitrogens with zero attached hydrogens (tertiary/aromatic N) is 2. The molecule has 162 valence electrons. The molecule has 1 heterocycles. The van der Waals surface area contributed by atoms with Gasteiger partial charge in [-0.2, -0.15) is 0 Å². The third-order valence-corrected chi connectivity index (χ3v) is 5.77. The fraction of sp³-hybridized carbons (Fsp3) is 0.636. The zero-order valence-electron chi connectivity index (χ0n) is 17.7. The van der Waals surface area contributed by atoms with E-state index in [0.717, 1.165) is 38.3 Å². The summed E-state index contributed by atoms with van der Waals surface area (Å²) in [6.07, 6.45) is 7.59. The monoisotopic (exact) mass is 513 g/mol. The molecule has 1 aromatic carbocycles. The lowest BCUT2D eigenvalue weighted by molar-refractivity contribution is -0.121. The van der Waals surface area contributed by atoms with Crippen molar-refractivity contribution < 1.29 is 4.79 Å². The maximum absolute atomic E-state index is 12.1. The number of rotatable bonds is 6. The predicted molar refractivity (Wildman–Crippen MR) is 131 cm³/mol. The van der Waals surface area contributed by atoms with E-state index in [2.05, 4.69) is 57.0 Å². The highest BCUT2D eigenvalue weighted by Crippen LogP contribution is 2.20. The fourth-order valence-electron chi connectivity index (χ4n) is 4.10. The van der Waals surface area contributed by atoms with Crippen molar-refractivity contribution in [1.29, 1.82) is 0 Å². The quantitative estimate of drug-likeness (QED) is 0.311. The van der Waals surface area contributed by atoms with Gasteiger partial charge < -0.3 is 20.9 Å². The Kier molecular flexibility index (Phi) is 10.0. The van der Waals surface area contributed by atoms with Crippen LogP contribution in [0.5, 0.6) is 0 Å². The van der Waals surface area contributed by atoms with Crippen LogP contribution in [-0.4, -0.2) is 50.6 Å². The largest absolute Gasteiger partial charge is 0.369 e. The summed E-state index contributed by atoms with van der Waals surface area (Å²) in [7, 11) is 1.78. The second-order valence-corrected chi connectivity index (χ2v) is 8.06. The minimum atomic E-state index is 0. The van der Waals surface area contributed by atoms with Crippen molar-refractivity contribution in [2.45, 2.75) is 64.0 Å². The van der Waals surface area contributed by atoms with Gasteiger partial charge in [0.05, 0.1) is 0 Å². The molecule has 0 radical (unpaired) electrons. The molecule has 1 saturated heterocycles. The summed E-state index contributed by atoms with van der Waals surface area (Å²) in [5.74, 6) is 0.919. The van der Waals surface area contributed by atoms with E-state index in [-0.39, 0.29) is 29.9 Å². The molecule has 7 heteroatoms. The first-order valence-corrected chi connectivity index (χ1v) is 10.7. The summed E-state index contributed by atoms with van der Waals surface area (Å²) in [5, 5.41) is 9.95. The van der Waals surface area contributed by atoms with Gasteiger partial charge in [-0.3, -0.25) is 9.79 Å². The van der Waals surface area contributed by atoms with Crippen LogP contribution in [0.15, 0.2) is 29.3 Å². The fourth-order valence-corrected chi connectivity index (χ4v) is 4.10. The third kappa shape index (κ3) is 7.68. The number of benzene rings is 1. The van der Waals surface area contributed by atoms with Gasteiger partial charge in [-0.25, -0.2) is 0 Å². The number of carbonyl (C=O) groups is 1. The molecule has 0 aromatic heterocycles. The lowest BCUT2D eigenvalue weighted by Gasteiger charge is -2.23. The summed E-state index contributed by atoms with van der Waals surface area (Å²) in [4.78, 5) is 18.9. The number of aryl methyl sites for hydroxylation is 1. The van der Waals surface area contributed by atoms with Crippen LogP contribution in [0.4, 0.5) is 5.69 Å². The molecule has 2 aliphatic rings. The Balaban J connectivity index is 0.00000300. The van der Waals surface area contributed by atoms with Gasteiger partial charge in [-0.1, -0.05) is 37.0 Å². The van der Waals surface area contributed by atoms with Crippen LogP contribution in [0.2, 0.25) is 0 Å². The SMILES string of the molecule is CN=C(NCCC(=O)NC1CCCCC1)NC1CCN(c2ccc(C)cc2)C1.I. The standard InChI is InChI=1S/C22H35N5O.HI/c1-17-8-10-20(11-9-17)27-15-13-19(16-27)26-22(23-2)24-14-12-21(28)25-18-6-4-3-5-7-18;/h8-11,18-19H,3-7,12-16H2,1-2H3,(H,25,28)(H2,23,24,26);1H. The first-order valence-electron chi connectivity index (χ1n) is 10.7. The molecule has 1 aliphatic heterocycles. The highest BCUT2D eigenvalue weighted by molar-refractivity contribution is 14.0. The zero-order chi connectivity index (χ0) is 19.8. The molecule has 1 saturated carbocycles. The Morgan fingerprint density at radius 3 is 2.48 bits per heavy atom. The van der Waals surface area contributed by atoms with E-state index in [1.54, 1.807) is 7.05 Å². The van der Waals surface area contributed by atoms with Gasteiger partial charge in [0.25, 0.3) is 0 Å². The first kappa shape index (κ1) is 23.8.